The Balaban J connectivity index is 1.98. The van der Waals surface area contributed by atoms with Crippen molar-refractivity contribution < 1.29 is 19.4 Å². The normalized spacial score (nSPS) is 10.2. The number of hydrogen-bond donors (Lipinski definition) is 3. The topological polar surface area (TPSA) is 87.7 Å². The average molecular weight is 448 g/mol. The van der Waals surface area contributed by atoms with Crippen molar-refractivity contribution in [1.82, 2.24) is 5.32 Å². The van der Waals surface area contributed by atoms with E-state index >= 15 is 0 Å². The largest absolute Gasteiger partial charge is 0.484 e. The monoisotopic (exact) mass is 446 g/mol. The molecule has 0 fully saturated rings. The molecule has 2 rings (SSSR count). The molecule has 0 saturated heterocycles. The SMILES string of the molecule is Cc1cc(OCC(=O)NC(=S)Nc2c(Cl)cc(Cl)cc2C(=O)O)ccc1Cl. The van der Waals surface area contributed by atoms with Gasteiger partial charge in [-0.15, -0.1) is 0 Å². The lowest BCUT2D eigenvalue weighted by molar-refractivity contribution is -0.121. The van der Waals surface area contributed by atoms with E-state index in [1.807, 2.05) is 6.92 Å². The van der Waals surface area contributed by atoms with Gasteiger partial charge >= 0.3 is 5.97 Å². The summed E-state index contributed by atoms with van der Waals surface area (Å²) in [6, 6.07) is 7.56. The van der Waals surface area contributed by atoms with Crippen LogP contribution in [0.5, 0.6) is 5.75 Å². The molecule has 0 unspecified atom stereocenters. The smallest absolute Gasteiger partial charge is 0.337 e. The molecule has 3 N–H and O–H groups in total. The Morgan fingerprint density at radius 1 is 1.15 bits per heavy atom. The van der Waals surface area contributed by atoms with Gasteiger partial charge in [0, 0.05) is 10.0 Å². The van der Waals surface area contributed by atoms with Crippen molar-refractivity contribution >= 4 is 69.7 Å². The predicted octanol–water partition coefficient (Wildman–Crippen LogP) is 4.55. The van der Waals surface area contributed by atoms with E-state index in [2.05, 4.69) is 10.6 Å². The van der Waals surface area contributed by atoms with Gasteiger partial charge in [-0.1, -0.05) is 34.8 Å². The zero-order valence-electron chi connectivity index (χ0n) is 13.8. The van der Waals surface area contributed by atoms with Crippen LogP contribution in [0.1, 0.15) is 15.9 Å². The number of carboxylic acids is 1. The fourth-order valence-corrected chi connectivity index (χ4v) is 2.91. The van der Waals surface area contributed by atoms with E-state index in [9.17, 15) is 14.7 Å². The lowest BCUT2D eigenvalue weighted by Gasteiger charge is -2.14. The molecule has 0 aliphatic carbocycles. The lowest BCUT2D eigenvalue weighted by atomic mass is 10.2. The van der Waals surface area contributed by atoms with Crippen molar-refractivity contribution in [2.24, 2.45) is 0 Å². The third kappa shape index (κ3) is 5.97. The number of amides is 1. The minimum absolute atomic E-state index is 0.0214. The highest BCUT2D eigenvalue weighted by Crippen LogP contribution is 2.30. The number of thiocarbonyl (C=S) groups is 1. The number of rotatable bonds is 5. The summed E-state index contributed by atoms with van der Waals surface area (Å²) in [6.45, 7) is 1.51. The standard InChI is InChI=1S/C17H13Cl3N2O4S/c1-8-4-10(2-3-12(8)19)26-7-14(23)21-17(27)22-15-11(16(24)25)5-9(18)6-13(15)20/h2-6H,7H2,1H3,(H,24,25)(H2,21,22,23,27). The van der Waals surface area contributed by atoms with Crippen LogP contribution >= 0.6 is 47.0 Å². The van der Waals surface area contributed by atoms with Crippen molar-refractivity contribution in [3.63, 3.8) is 0 Å². The molecule has 0 atom stereocenters. The third-order valence-electron chi connectivity index (χ3n) is 3.28. The second-order valence-corrected chi connectivity index (χ2v) is 6.98. The molecule has 0 bridgehead atoms. The Morgan fingerprint density at radius 3 is 2.48 bits per heavy atom. The molecule has 10 heteroatoms. The zero-order chi connectivity index (χ0) is 20.1. The van der Waals surface area contributed by atoms with Crippen LogP contribution in [0.3, 0.4) is 0 Å². The molecule has 0 radical (unpaired) electrons. The summed E-state index contributed by atoms with van der Waals surface area (Å²) in [5, 5.41) is 14.9. The second kappa shape index (κ2) is 9.23. The minimum Gasteiger partial charge on any atom is -0.484 e. The van der Waals surface area contributed by atoms with Crippen molar-refractivity contribution in [3.8, 4) is 5.75 Å². The Kier molecular flexibility index (Phi) is 7.26. The highest BCUT2D eigenvalue weighted by atomic mass is 35.5. The Morgan fingerprint density at radius 2 is 1.85 bits per heavy atom. The summed E-state index contributed by atoms with van der Waals surface area (Å²) in [5.41, 5.74) is 0.649. The van der Waals surface area contributed by atoms with Crippen molar-refractivity contribution in [2.45, 2.75) is 6.92 Å². The maximum Gasteiger partial charge on any atom is 0.337 e. The predicted molar refractivity (Wildman–Crippen MR) is 109 cm³/mol. The van der Waals surface area contributed by atoms with Gasteiger partial charge in [0.1, 0.15) is 5.75 Å². The van der Waals surface area contributed by atoms with Gasteiger partial charge in [0.05, 0.1) is 16.3 Å². The molecule has 2 aromatic rings. The molecular formula is C17H13Cl3N2O4S. The molecule has 1 amide bonds. The van der Waals surface area contributed by atoms with Gasteiger partial charge in [-0.05, 0) is 55.0 Å². The average Bonchev–Trinajstić information content (AvgIpc) is 2.58. The van der Waals surface area contributed by atoms with Gasteiger partial charge in [0.15, 0.2) is 11.7 Å². The van der Waals surface area contributed by atoms with Gasteiger partial charge < -0.3 is 15.2 Å². The Labute approximate surface area is 175 Å². The fraction of sp³-hybridized carbons (Fsp3) is 0.118. The summed E-state index contributed by atoms with van der Waals surface area (Å²) in [4.78, 5) is 23.3. The quantitative estimate of drug-likeness (QED) is 0.583. The van der Waals surface area contributed by atoms with Gasteiger partial charge in [0.2, 0.25) is 0 Å². The van der Waals surface area contributed by atoms with E-state index in [1.165, 1.54) is 12.1 Å². The Hall–Kier alpha value is -2.06. The summed E-state index contributed by atoms with van der Waals surface area (Å²) >= 11 is 22.8. The lowest BCUT2D eigenvalue weighted by Crippen LogP contribution is -2.37. The zero-order valence-corrected chi connectivity index (χ0v) is 16.9. The highest BCUT2D eigenvalue weighted by Gasteiger charge is 2.17. The first kappa shape index (κ1) is 21.2. The van der Waals surface area contributed by atoms with Crippen LogP contribution in [0.2, 0.25) is 15.1 Å². The number of aryl methyl sites for hydroxylation is 1. The molecule has 0 spiro atoms. The summed E-state index contributed by atoms with van der Waals surface area (Å²) < 4.78 is 5.36. The summed E-state index contributed by atoms with van der Waals surface area (Å²) in [5.74, 6) is -1.32. The second-order valence-electron chi connectivity index (χ2n) is 5.32. The molecule has 6 nitrogen and oxygen atoms in total. The number of carboxylic acid groups (broad SMARTS) is 1. The number of hydrogen-bond acceptors (Lipinski definition) is 4. The van der Waals surface area contributed by atoms with E-state index in [0.29, 0.717) is 10.8 Å². The van der Waals surface area contributed by atoms with E-state index in [1.54, 1.807) is 18.2 Å². The van der Waals surface area contributed by atoms with Crippen molar-refractivity contribution in [3.05, 3.63) is 56.5 Å². The van der Waals surface area contributed by atoms with Gasteiger partial charge in [-0.25, -0.2) is 4.79 Å². The van der Waals surface area contributed by atoms with Crippen LogP contribution in [0, 0.1) is 6.92 Å². The van der Waals surface area contributed by atoms with Crippen molar-refractivity contribution in [2.75, 3.05) is 11.9 Å². The fourth-order valence-electron chi connectivity index (χ4n) is 2.03. The highest BCUT2D eigenvalue weighted by molar-refractivity contribution is 7.80. The number of anilines is 1. The molecule has 0 aliphatic rings. The number of benzene rings is 2. The van der Waals surface area contributed by atoms with Crippen LogP contribution in [0.15, 0.2) is 30.3 Å². The van der Waals surface area contributed by atoms with Crippen LogP contribution in [0.25, 0.3) is 0 Å². The van der Waals surface area contributed by atoms with Gasteiger partial charge in [-0.3, -0.25) is 10.1 Å². The maximum absolute atomic E-state index is 12.0. The first-order valence-electron chi connectivity index (χ1n) is 7.39. The molecule has 27 heavy (non-hydrogen) atoms. The van der Waals surface area contributed by atoms with E-state index < -0.39 is 11.9 Å². The summed E-state index contributed by atoms with van der Waals surface area (Å²) in [6.07, 6.45) is 0. The van der Waals surface area contributed by atoms with Gasteiger partial charge in [0.25, 0.3) is 5.91 Å². The number of nitrogens with one attached hydrogen (secondary N) is 2. The van der Waals surface area contributed by atoms with Crippen LogP contribution < -0.4 is 15.4 Å². The van der Waals surface area contributed by atoms with E-state index in [4.69, 9.17) is 51.8 Å². The molecule has 142 valence electrons. The number of ether oxygens (including phenoxy) is 1. The molecule has 2 aromatic carbocycles. The third-order valence-corrected chi connectivity index (χ3v) is 4.42. The molecular weight excluding hydrogens is 435 g/mol. The molecule has 0 heterocycles. The first-order valence-corrected chi connectivity index (χ1v) is 8.93. The first-order chi connectivity index (χ1) is 12.7. The van der Waals surface area contributed by atoms with Crippen LogP contribution in [-0.2, 0) is 4.79 Å². The van der Waals surface area contributed by atoms with E-state index in [0.717, 1.165) is 5.56 Å². The molecule has 0 aliphatic heterocycles. The van der Waals surface area contributed by atoms with Gasteiger partial charge in [-0.2, -0.15) is 0 Å². The number of carbonyl (C=O) groups is 2. The Bertz CT molecular complexity index is 921. The summed E-state index contributed by atoms with van der Waals surface area (Å²) in [7, 11) is 0. The van der Waals surface area contributed by atoms with Crippen LogP contribution in [-0.4, -0.2) is 28.7 Å². The number of carbonyl (C=O) groups excluding carboxylic acids is 1. The maximum atomic E-state index is 12.0. The molecule has 0 aromatic heterocycles. The molecule has 0 saturated carbocycles. The minimum atomic E-state index is -1.25. The van der Waals surface area contributed by atoms with Crippen LogP contribution in [0.4, 0.5) is 5.69 Å². The number of aromatic carboxylic acids is 1. The van der Waals surface area contributed by atoms with E-state index in [-0.39, 0.29) is 33.0 Å². The van der Waals surface area contributed by atoms with Crippen molar-refractivity contribution in [1.29, 1.82) is 0 Å². The number of halogens is 3.